The van der Waals surface area contributed by atoms with Crippen LogP contribution in [0, 0.1) is 15.5 Å². The Labute approximate surface area is 626 Å². The van der Waals surface area contributed by atoms with Crippen molar-refractivity contribution >= 4 is 94.6 Å². The number of nitrogen functional groups attached to an aromatic ring is 3. The van der Waals surface area contributed by atoms with Gasteiger partial charge in [-0.1, -0.05) is 37.9 Å². The normalized spacial score (nSPS) is 26.3. The van der Waals surface area contributed by atoms with Crippen LogP contribution in [0.4, 0.5) is 23.4 Å². The summed E-state index contributed by atoms with van der Waals surface area (Å²) in [5.74, 6) is -1.89. The Balaban J connectivity index is 0.00000364. The van der Waals surface area contributed by atoms with E-state index < -0.39 is 165 Å². The first-order valence-electron chi connectivity index (χ1n) is 26.5. The van der Waals surface area contributed by atoms with Crippen molar-refractivity contribution in [3.8, 4) is 5.88 Å². The first-order valence-corrected chi connectivity index (χ1v) is 32.3. The maximum atomic E-state index is 13.7. The van der Waals surface area contributed by atoms with Crippen LogP contribution in [-0.4, -0.2) is 162 Å². The summed E-state index contributed by atoms with van der Waals surface area (Å²) in [5.41, 5.74) is 14.6. The predicted octanol–water partition coefficient (Wildman–Crippen LogP) is -16.6. The number of amides is 1. The maximum absolute atomic E-state index is 13.7. The number of anilines is 3. The van der Waals surface area contributed by atoms with Crippen molar-refractivity contribution in [2.45, 2.75) is 100 Å². The number of nitrogens with zero attached hydrogens (tertiary/aromatic N) is 12. The number of aryl methyl sites for hydroxylation is 1. The molecule has 7 aromatic rings. The molecule has 10 rings (SSSR count). The zero-order valence-corrected chi connectivity index (χ0v) is 63.1. The number of H-pyrrole nitrogens is 1. The largest absolute Gasteiger partial charge is 1.00 e. The molecule has 0 spiro atoms. The SMILES string of the molecule is Cn1c[n+]([C@@H]2O[C@H](COP(=O)([O-])OP(=O)([O-])OP(=O)([O-])OC[C@H]3O[C@@H](n4cnc5c(N)ncnc54)C(NC=O)[C@H]3OP(=O)([O-])OC[C@H]3O[C@@H](n4cnc5c(=O)[nH]c(N)nc54)C(O)[C@H]3O)[C@H](O)C2OCOC(c2ccccc2[N+](=O)[O-])C(C)(C)C)c2nc(N)nc([O-])c21.[Na+].[Na+].[Na+].[Na+]. The van der Waals surface area contributed by atoms with Crippen LogP contribution in [0.1, 0.15) is 51.1 Å². The molecule has 8 unspecified atom stereocenters. The van der Waals surface area contributed by atoms with Crippen LogP contribution in [0.25, 0.3) is 33.5 Å². The second-order valence-electron chi connectivity index (χ2n) is 21.4. The predicted molar refractivity (Wildman–Crippen MR) is 289 cm³/mol. The van der Waals surface area contributed by atoms with Crippen LogP contribution >= 0.6 is 31.3 Å². The molecule has 44 nitrogen and oxygen atoms in total. The minimum Gasteiger partial charge on any atom is -0.856 e. The van der Waals surface area contributed by atoms with Crippen LogP contribution in [-0.2, 0) is 80.5 Å². The second kappa shape index (κ2) is 32.5. The van der Waals surface area contributed by atoms with E-state index in [-0.39, 0.29) is 181 Å². The number of aliphatic hydroxyl groups is 3. The van der Waals surface area contributed by atoms with Crippen molar-refractivity contribution in [3.05, 3.63) is 75.6 Å². The molecule has 96 heavy (non-hydrogen) atoms. The number of hydrogen-bond donors (Lipinski definition) is 8. The summed E-state index contributed by atoms with van der Waals surface area (Å²) in [4.78, 5) is 119. The van der Waals surface area contributed by atoms with Gasteiger partial charge in [0.15, 0.2) is 46.9 Å². The summed E-state index contributed by atoms with van der Waals surface area (Å²) in [5, 5.41) is 60.6. The number of nitrogens with one attached hydrogen (secondary N) is 2. The zero-order chi connectivity index (χ0) is 66.7. The number of ether oxygens (including phenoxy) is 5. The molecule has 52 heteroatoms. The summed E-state index contributed by atoms with van der Waals surface area (Å²) >= 11 is 0. The molecular weight excluding hydrogens is 1410 g/mol. The quantitative estimate of drug-likeness (QED) is 0.00475. The van der Waals surface area contributed by atoms with Crippen molar-refractivity contribution < 1.29 is 241 Å². The Morgan fingerprint density at radius 1 is 0.781 bits per heavy atom. The van der Waals surface area contributed by atoms with Gasteiger partial charge in [-0.05, 0) is 11.5 Å². The van der Waals surface area contributed by atoms with E-state index in [1.54, 1.807) is 20.8 Å². The molecule has 3 aliphatic heterocycles. The number of carbonyl (C=O) groups excluding carboxylic acids is 1. The van der Waals surface area contributed by atoms with Gasteiger partial charge in [0.05, 0.1) is 56.1 Å². The number of phosphoric ester groups is 3. The number of aliphatic hydroxyl groups excluding tert-OH is 3. The molecule has 0 radical (unpaired) electrons. The Bertz CT molecular complexity index is 4220. The van der Waals surface area contributed by atoms with Gasteiger partial charge >= 0.3 is 124 Å². The van der Waals surface area contributed by atoms with Crippen LogP contribution in [0.2, 0.25) is 0 Å². The zero-order valence-electron chi connectivity index (χ0n) is 51.6. The summed E-state index contributed by atoms with van der Waals surface area (Å²) in [6, 6.07) is 3.93. The number of rotatable bonds is 26. The third-order valence-corrected chi connectivity index (χ3v) is 19.3. The molecule has 0 aliphatic carbocycles. The molecular formula is C44H53N17Na4O27P4. The van der Waals surface area contributed by atoms with E-state index in [2.05, 4.69) is 53.8 Å². The van der Waals surface area contributed by atoms with E-state index in [4.69, 9.17) is 59.0 Å². The third-order valence-electron chi connectivity index (χ3n) is 14.2. The molecule has 1 amide bonds. The average Bonchev–Trinajstić information content (AvgIpc) is 1.61. The summed E-state index contributed by atoms with van der Waals surface area (Å²) < 4.78 is 115. The second-order valence-corrected chi connectivity index (χ2v) is 27.3. The molecule has 17 atom stereocenters. The van der Waals surface area contributed by atoms with Gasteiger partial charge in [-0.3, -0.25) is 56.6 Å². The smallest absolute Gasteiger partial charge is 0.856 e. The van der Waals surface area contributed by atoms with Gasteiger partial charge in [0.1, 0.15) is 73.5 Å². The number of imidazole rings is 3. The third kappa shape index (κ3) is 18.0. The maximum Gasteiger partial charge on any atom is 1.00 e. The van der Waals surface area contributed by atoms with Gasteiger partial charge in [-0.2, -0.15) is 4.98 Å². The number of nitrogens with two attached hydrogens (primary N) is 3. The Kier molecular flexibility index (Phi) is 27.7. The van der Waals surface area contributed by atoms with E-state index >= 15 is 0 Å². The molecule has 3 aliphatic rings. The fourth-order valence-corrected chi connectivity index (χ4v) is 14.6. The van der Waals surface area contributed by atoms with E-state index in [0.717, 1.165) is 32.7 Å². The molecule has 3 fully saturated rings. The molecule has 0 bridgehead atoms. The molecule has 11 N–H and O–H groups in total. The van der Waals surface area contributed by atoms with Gasteiger partial charge in [0.2, 0.25) is 18.6 Å². The number of nitro groups is 1. The van der Waals surface area contributed by atoms with E-state index in [1.165, 1.54) is 42.2 Å². The Morgan fingerprint density at radius 2 is 1.38 bits per heavy atom. The van der Waals surface area contributed by atoms with Crippen LogP contribution in [0.5, 0.6) is 5.88 Å². The molecule has 1 aromatic carbocycles. The van der Waals surface area contributed by atoms with Gasteiger partial charge in [0, 0.05) is 11.9 Å². The van der Waals surface area contributed by atoms with Crippen molar-refractivity contribution in [2.75, 3.05) is 43.8 Å². The molecule has 500 valence electrons. The van der Waals surface area contributed by atoms with E-state index in [0.29, 0.717) is 0 Å². The van der Waals surface area contributed by atoms with Crippen LogP contribution in [0.15, 0.2) is 54.4 Å². The first-order chi connectivity index (χ1) is 43.2. The van der Waals surface area contributed by atoms with Gasteiger partial charge in [-0.15, -0.1) is 0 Å². The van der Waals surface area contributed by atoms with Crippen LogP contribution in [0.3, 0.4) is 0 Å². The van der Waals surface area contributed by atoms with Crippen molar-refractivity contribution in [3.63, 3.8) is 0 Å². The fraction of sp³-hybridized carbons (Fsp3) is 0.500. The molecule has 3 saturated heterocycles. The van der Waals surface area contributed by atoms with E-state index in [1.807, 2.05) is 0 Å². The molecule has 9 heterocycles. The number of para-hydroxylation sites is 1. The monoisotopic (exact) mass is 1470 g/mol. The molecule has 6 aromatic heterocycles. The van der Waals surface area contributed by atoms with Gasteiger partial charge < -0.3 is 104 Å². The number of benzene rings is 1. The minimum absolute atomic E-state index is 0. The summed E-state index contributed by atoms with van der Waals surface area (Å²) in [7, 11) is -24.0. The summed E-state index contributed by atoms with van der Waals surface area (Å²) in [6.07, 6.45) is -16.9. The Morgan fingerprint density at radius 3 is 2.01 bits per heavy atom. The number of phosphoric acid groups is 4. The summed E-state index contributed by atoms with van der Waals surface area (Å²) in [6.45, 7) is 0.390. The van der Waals surface area contributed by atoms with Crippen molar-refractivity contribution in [1.82, 2.24) is 58.9 Å². The number of aromatic nitrogens is 12. The number of nitro benzene ring substituents is 1. The first kappa shape index (κ1) is 81.9. The average molecular weight is 1470 g/mol. The van der Waals surface area contributed by atoms with Gasteiger partial charge in [0.25, 0.3) is 48.5 Å². The number of carbonyl (C=O) groups is 1. The molecule has 0 saturated carbocycles. The van der Waals surface area contributed by atoms with E-state index in [9.17, 15) is 78.0 Å². The number of aromatic amines is 1. The number of hydrogen-bond acceptors (Lipinski definition) is 37. The standard InChI is InChI=1S/C44H57N17O27P4.4Na/c1-44(2,3)32(18-7-5-6-8-19(18)61(68)69)79-17-78-31-28(64)21(84-41(31)60-16-57(4)26-36(60)54-43(47)56-38(26)67)10-81-90(72,73)87-92(76,77)88-91(74,75)82-11-22-30(23(52-15-62)39(85-22)58-13-50-24-33(45)48-12-49-34(24)58)86-89(70,71)80-9-20-27(63)29(65)40(83-20)59-14-51-25-35(59)53-42(46)55-37(25)66;;;;/h5-8,12-16,20-23,27-32,39-41,63-65H,9-11,17H2,1-4H3,(H12-,45,46,47,48,49,52,53,54,55,56,62,66,67,70,71,72,73,74,75,76,77);;;;/q;4*+1/p-4/t20-,21-,22-,23?,27+,28+,29?,30+,31?,32?,39-,40-,41-;;;;/m1..../s1. The van der Waals surface area contributed by atoms with Crippen LogP contribution < -0.4 is 176 Å². The van der Waals surface area contributed by atoms with Crippen molar-refractivity contribution in [2.24, 2.45) is 12.5 Å². The van der Waals surface area contributed by atoms with Crippen molar-refractivity contribution in [1.29, 1.82) is 0 Å². The number of fused-ring (bicyclic) bond motifs is 3. The van der Waals surface area contributed by atoms with Gasteiger partial charge in [-0.25, -0.2) is 38.1 Å². The fourth-order valence-electron chi connectivity index (χ4n) is 10.3. The topological polar surface area (TPSA) is 638 Å². The minimum atomic E-state index is -6.74. The Hall–Kier alpha value is -3.06.